The van der Waals surface area contributed by atoms with Gasteiger partial charge in [-0.15, -0.1) is 0 Å². The molecule has 0 saturated carbocycles. The van der Waals surface area contributed by atoms with Gasteiger partial charge in [-0.05, 0) is 59.9 Å². The second-order valence-electron chi connectivity index (χ2n) is 9.51. The van der Waals surface area contributed by atoms with Crippen LogP contribution in [0.5, 0.6) is 0 Å². The zero-order chi connectivity index (χ0) is 27.2. The summed E-state index contributed by atoms with van der Waals surface area (Å²) in [5.74, 6) is -1.20. The summed E-state index contributed by atoms with van der Waals surface area (Å²) < 4.78 is 19.5. The number of ether oxygens (including phenoxy) is 1. The third-order valence-electron chi connectivity index (χ3n) is 6.83. The highest BCUT2D eigenvalue weighted by Gasteiger charge is 2.34. The molecule has 8 heteroatoms. The second-order valence-corrected chi connectivity index (χ2v) is 9.92. The Hall–Kier alpha value is -3.94. The molecule has 0 spiro atoms. The second kappa shape index (κ2) is 12.3. The van der Waals surface area contributed by atoms with E-state index in [2.05, 4.69) is 10.3 Å². The predicted molar refractivity (Wildman–Crippen MR) is 149 cm³/mol. The van der Waals surface area contributed by atoms with Crippen molar-refractivity contribution in [3.63, 3.8) is 0 Å². The number of carbonyl (C=O) groups excluding carboxylic acids is 2. The average Bonchev–Trinajstić information content (AvgIpc) is 3.67. The van der Waals surface area contributed by atoms with Crippen LogP contribution in [-0.2, 0) is 16.1 Å². The van der Waals surface area contributed by atoms with Gasteiger partial charge < -0.3 is 19.9 Å². The molecule has 6 nitrogen and oxygen atoms in total. The molecule has 2 amide bonds. The maximum Gasteiger partial charge on any atom is 0.271 e. The monoisotopic (exact) mass is 545 g/mol. The maximum atomic E-state index is 14.1. The van der Waals surface area contributed by atoms with Gasteiger partial charge in [0, 0.05) is 30.4 Å². The minimum Gasteiger partial charge on any atom is -0.376 e. The van der Waals surface area contributed by atoms with Gasteiger partial charge in [0.2, 0.25) is 5.91 Å². The lowest BCUT2D eigenvalue weighted by Gasteiger charge is -2.32. The summed E-state index contributed by atoms with van der Waals surface area (Å²) in [5.41, 5.74) is 3.19. The van der Waals surface area contributed by atoms with Crippen LogP contribution in [0.3, 0.4) is 0 Å². The van der Waals surface area contributed by atoms with Crippen molar-refractivity contribution in [1.29, 1.82) is 0 Å². The van der Waals surface area contributed by atoms with Crippen LogP contribution in [-0.4, -0.2) is 41.0 Å². The van der Waals surface area contributed by atoms with Crippen LogP contribution in [0.1, 0.15) is 40.5 Å². The van der Waals surface area contributed by atoms with Gasteiger partial charge in [0.05, 0.1) is 6.10 Å². The summed E-state index contributed by atoms with van der Waals surface area (Å²) in [5, 5.41) is 3.44. The van der Waals surface area contributed by atoms with E-state index < -0.39 is 17.8 Å². The smallest absolute Gasteiger partial charge is 0.271 e. The van der Waals surface area contributed by atoms with Crippen molar-refractivity contribution in [2.45, 2.75) is 31.5 Å². The van der Waals surface area contributed by atoms with Crippen molar-refractivity contribution in [3.05, 3.63) is 119 Å². The number of nitrogens with one attached hydrogen (secondary N) is 2. The van der Waals surface area contributed by atoms with Crippen molar-refractivity contribution < 1.29 is 18.7 Å². The van der Waals surface area contributed by atoms with Crippen LogP contribution >= 0.6 is 11.6 Å². The number of H-pyrrole nitrogens is 1. The van der Waals surface area contributed by atoms with Crippen molar-refractivity contribution in [1.82, 2.24) is 15.2 Å². The number of hydrogen-bond acceptors (Lipinski definition) is 3. The van der Waals surface area contributed by atoms with E-state index in [-0.39, 0.29) is 18.6 Å². The van der Waals surface area contributed by atoms with Crippen LogP contribution < -0.4 is 5.32 Å². The van der Waals surface area contributed by atoms with E-state index in [1.807, 2.05) is 48.5 Å². The van der Waals surface area contributed by atoms with Crippen LogP contribution in [0, 0.1) is 5.82 Å². The molecule has 1 aromatic heterocycles. The molecule has 2 heterocycles. The molecule has 39 heavy (non-hydrogen) atoms. The molecule has 0 unspecified atom stereocenters. The molecule has 1 fully saturated rings. The standard InChI is InChI=1S/C31H29ClFN3O3/c32-26-11-5-4-9-23(26)20-36(31(38)28-17-16-27(35-28)21-7-2-1-3-8-21)29(22-12-14-24(33)15-13-22)30(37)34-19-25-10-6-18-39-25/h1-5,7-9,11-17,25,29,35H,6,10,18-20H2,(H,34,37)/t25-,29-/m1/s1. The molecule has 0 bridgehead atoms. The molecule has 0 radical (unpaired) electrons. The lowest BCUT2D eigenvalue weighted by atomic mass is 10.0. The molecule has 1 saturated heterocycles. The first-order valence-corrected chi connectivity index (χ1v) is 13.3. The van der Waals surface area contributed by atoms with Crippen molar-refractivity contribution in [2.24, 2.45) is 0 Å². The molecule has 5 rings (SSSR count). The van der Waals surface area contributed by atoms with Crippen molar-refractivity contribution >= 4 is 23.4 Å². The fraction of sp³-hybridized carbons (Fsp3) is 0.226. The number of amides is 2. The van der Waals surface area contributed by atoms with Gasteiger partial charge in [-0.1, -0.05) is 72.3 Å². The number of carbonyl (C=O) groups is 2. The summed E-state index contributed by atoms with van der Waals surface area (Å²) in [4.78, 5) is 32.6. The molecular formula is C31H29ClFN3O3. The number of aromatic amines is 1. The van der Waals surface area contributed by atoms with Gasteiger partial charge in [0.15, 0.2) is 0 Å². The molecular weight excluding hydrogens is 517 g/mol. The lowest BCUT2D eigenvalue weighted by Crippen LogP contribution is -2.45. The Balaban J connectivity index is 1.52. The first kappa shape index (κ1) is 26.7. The highest BCUT2D eigenvalue weighted by atomic mass is 35.5. The van der Waals surface area contributed by atoms with E-state index in [9.17, 15) is 14.0 Å². The van der Waals surface area contributed by atoms with E-state index in [0.717, 1.165) is 24.1 Å². The normalized spacial score (nSPS) is 15.6. The molecule has 2 N–H and O–H groups in total. The highest BCUT2D eigenvalue weighted by molar-refractivity contribution is 6.31. The fourth-order valence-electron chi connectivity index (χ4n) is 4.79. The van der Waals surface area contributed by atoms with Gasteiger partial charge in [-0.2, -0.15) is 0 Å². The third kappa shape index (κ3) is 6.38. The summed E-state index contributed by atoms with van der Waals surface area (Å²) >= 11 is 6.49. The third-order valence-corrected chi connectivity index (χ3v) is 7.20. The number of aromatic nitrogens is 1. The Morgan fingerprint density at radius 3 is 2.46 bits per heavy atom. The maximum absolute atomic E-state index is 14.1. The van der Waals surface area contributed by atoms with E-state index in [4.69, 9.17) is 16.3 Å². The molecule has 2 atom stereocenters. The fourth-order valence-corrected chi connectivity index (χ4v) is 4.98. The van der Waals surface area contributed by atoms with Crippen molar-refractivity contribution in [2.75, 3.05) is 13.2 Å². The summed E-state index contributed by atoms with van der Waals surface area (Å²) in [7, 11) is 0. The number of nitrogens with zero attached hydrogens (tertiary/aromatic N) is 1. The predicted octanol–water partition coefficient (Wildman–Crippen LogP) is 6.15. The van der Waals surface area contributed by atoms with E-state index in [0.29, 0.717) is 35.0 Å². The summed E-state index contributed by atoms with van der Waals surface area (Å²) in [6.07, 6.45) is 1.72. The topological polar surface area (TPSA) is 74.4 Å². The average molecular weight is 546 g/mol. The summed E-state index contributed by atoms with van der Waals surface area (Å²) in [6, 6.07) is 25.0. The molecule has 200 valence electrons. The minimum atomic E-state index is -1.04. The van der Waals surface area contributed by atoms with E-state index >= 15 is 0 Å². The number of hydrogen-bond donors (Lipinski definition) is 2. The van der Waals surface area contributed by atoms with Crippen LogP contribution in [0.2, 0.25) is 5.02 Å². The Bertz CT molecular complexity index is 1420. The minimum absolute atomic E-state index is 0.0631. The zero-order valence-corrected chi connectivity index (χ0v) is 22.0. The Labute approximate surface area is 231 Å². The zero-order valence-electron chi connectivity index (χ0n) is 21.3. The molecule has 1 aliphatic heterocycles. The molecule has 3 aromatic carbocycles. The first-order chi connectivity index (χ1) is 19.0. The lowest BCUT2D eigenvalue weighted by molar-refractivity contribution is -0.126. The molecule has 1 aliphatic rings. The quantitative estimate of drug-likeness (QED) is 0.265. The Morgan fingerprint density at radius 2 is 1.74 bits per heavy atom. The van der Waals surface area contributed by atoms with Crippen LogP contribution in [0.25, 0.3) is 11.3 Å². The van der Waals surface area contributed by atoms with Gasteiger partial charge >= 0.3 is 0 Å². The molecule has 4 aromatic rings. The van der Waals surface area contributed by atoms with Crippen molar-refractivity contribution in [3.8, 4) is 11.3 Å². The SMILES string of the molecule is O=C(NC[C@H]1CCCO1)[C@@H](c1ccc(F)cc1)N(Cc1ccccc1Cl)C(=O)c1ccc(-c2ccccc2)[nH]1. The van der Waals surface area contributed by atoms with Gasteiger partial charge in [0.1, 0.15) is 17.6 Å². The Morgan fingerprint density at radius 1 is 1.00 bits per heavy atom. The highest BCUT2D eigenvalue weighted by Crippen LogP contribution is 2.29. The first-order valence-electron chi connectivity index (χ1n) is 12.9. The van der Waals surface area contributed by atoms with E-state index in [1.165, 1.54) is 29.2 Å². The van der Waals surface area contributed by atoms with Gasteiger partial charge in [-0.25, -0.2) is 4.39 Å². The van der Waals surface area contributed by atoms with Gasteiger partial charge in [0.25, 0.3) is 5.91 Å². The number of rotatable bonds is 9. The van der Waals surface area contributed by atoms with Crippen LogP contribution in [0.15, 0.2) is 91.0 Å². The summed E-state index contributed by atoms with van der Waals surface area (Å²) in [6.45, 7) is 1.05. The number of halogens is 2. The largest absolute Gasteiger partial charge is 0.376 e. The van der Waals surface area contributed by atoms with Gasteiger partial charge in [-0.3, -0.25) is 9.59 Å². The Kier molecular flexibility index (Phi) is 8.39. The van der Waals surface area contributed by atoms with E-state index in [1.54, 1.807) is 18.2 Å². The molecule has 0 aliphatic carbocycles. The number of benzene rings is 3. The van der Waals surface area contributed by atoms with Crippen LogP contribution in [0.4, 0.5) is 4.39 Å².